The summed E-state index contributed by atoms with van der Waals surface area (Å²) < 4.78 is 83.8. The van der Waals surface area contributed by atoms with Crippen LogP contribution in [0.25, 0.3) is 28.2 Å². The topological polar surface area (TPSA) is 123 Å². The molecular weight excluding hydrogens is 616 g/mol. The highest BCUT2D eigenvalue weighted by molar-refractivity contribution is 7.89. The molecule has 43 heavy (non-hydrogen) atoms. The van der Waals surface area contributed by atoms with Crippen LogP contribution in [-0.2, 0) is 32.2 Å². The molecule has 0 saturated carbocycles. The summed E-state index contributed by atoms with van der Waals surface area (Å²) in [6.45, 7) is 1.69. The average molecular weight is 637 g/mol. The minimum absolute atomic E-state index is 0.0751. The van der Waals surface area contributed by atoms with Crippen LogP contribution in [0.5, 0.6) is 0 Å². The number of hydrogen-bond acceptors (Lipinski definition) is 6. The molecule has 0 fully saturated rings. The summed E-state index contributed by atoms with van der Waals surface area (Å²) >= 11 is 6.22. The van der Waals surface area contributed by atoms with Crippen LogP contribution in [0.3, 0.4) is 0 Å². The number of alkyl halides is 3. The fourth-order valence-corrected chi connectivity index (χ4v) is 4.85. The van der Waals surface area contributed by atoms with Crippen LogP contribution in [0.15, 0.2) is 69.9 Å². The molecule has 0 aliphatic heterocycles. The maximum atomic E-state index is 13.5. The second kappa shape index (κ2) is 12.0. The number of fused-ring (bicyclic) bond motifs is 1. The molecule has 2 amide bonds. The number of aryl methyl sites for hydroxylation is 1. The van der Waals surface area contributed by atoms with Gasteiger partial charge in [0.2, 0.25) is 15.9 Å². The Morgan fingerprint density at radius 3 is 2.47 bits per heavy atom. The number of benzene rings is 3. The fourth-order valence-electron chi connectivity index (χ4n) is 4.26. The molecule has 1 heterocycles. The first-order valence-corrected chi connectivity index (χ1v) is 14.5. The van der Waals surface area contributed by atoms with E-state index in [-0.39, 0.29) is 27.8 Å². The van der Waals surface area contributed by atoms with Gasteiger partial charge >= 0.3 is 11.8 Å². The van der Waals surface area contributed by atoms with Crippen molar-refractivity contribution in [1.82, 2.24) is 4.72 Å². The van der Waals surface area contributed by atoms with E-state index in [1.807, 2.05) is 0 Å². The van der Waals surface area contributed by atoms with Crippen molar-refractivity contribution >= 4 is 56.2 Å². The lowest BCUT2D eigenvalue weighted by Gasteiger charge is -2.16. The van der Waals surface area contributed by atoms with Gasteiger partial charge in [-0.25, -0.2) is 22.3 Å². The molecule has 0 spiro atoms. The summed E-state index contributed by atoms with van der Waals surface area (Å²) in [4.78, 5) is 38.1. The van der Waals surface area contributed by atoms with Gasteiger partial charge in [0.15, 0.2) is 0 Å². The van der Waals surface area contributed by atoms with E-state index < -0.39 is 57.1 Å². The van der Waals surface area contributed by atoms with E-state index in [1.54, 1.807) is 42.0 Å². The molecular formula is C29H21ClF4N2O6S. The minimum Gasteiger partial charge on any atom is -0.422 e. The molecule has 0 saturated heterocycles. The zero-order chi connectivity index (χ0) is 31.7. The monoisotopic (exact) mass is 636 g/mol. The number of sulfonamides is 1. The number of rotatable bonds is 7. The lowest BCUT2D eigenvalue weighted by atomic mass is 9.93. The highest BCUT2D eigenvalue weighted by Crippen LogP contribution is 2.37. The van der Waals surface area contributed by atoms with Crippen LogP contribution >= 0.6 is 11.6 Å². The zero-order valence-electron chi connectivity index (χ0n) is 22.3. The predicted octanol–water partition coefficient (Wildman–Crippen LogP) is 5.85. The Morgan fingerprint density at radius 2 is 1.79 bits per heavy atom. The van der Waals surface area contributed by atoms with Crippen LogP contribution in [0.2, 0.25) is 5.02 Å². The number of carbonyl (C=O) groups excluding carboxylic acids is 2. The third kappa shape index (κ3) is 7.67. The molecule has 2 N–H and O–H groups in total. The van der Waals surface area contributed by atoms with Crippen molar-refractivity contribution in [3.63, 3.8) is 0 Å². The van der Waals surface area contributed by atoms with E-state index in [0.29, 0.717) is 22.1 Å². The SMILES string of the molecule is Cc1cc2c(-c3cccc(/C=C/C(=O)NS(C)(=O)=O)c3)c(CC(=O)Nc3ccc(F)cc3C(F)(F)F)c(=O)oc2cc1Cl. The number of nitrogens with one attached hydrogen (secondary N) is 2. The van der Waals surface area contributed by atoms with E-state index in [1.165, 1.54) is 12.1 Å². The van der Waals surface area contributed by atoms with Gasteiger partial charge in [-0.05, 0) is 60.0 Å². The lowest BCUT2D eigenvalue weighted by Crippen LogP contribution is -2.27. The molecule has 0 unspecified atom stereocenters. The van der Waals surface area contributed by atoms with Crippen LogP contribution in [-0.4, -0.2) is 26.5 Å². The van der Waals surface area contributed by atoms with Crippen molar-refractivity contribution in [3.05, 3.63) is 104 Å². The summed E-state index contributed by atoms with van der Waals surface area (Å²) in [5, 5.41) is 2.75. The molecule has 1 aromatic heterocycles. The van der Waals surface area contributed by atoms with Crippen LogP contribution in [0.4, 0.5) is 23.2 Å². The highest BCUT2D eigenvalue weighted by atomic mass is 35.5. The molecule has 14 heteroatoms. The molecule has 3 aromatic carbocycles. The molecule has 224 valence electrons. The van der Waals surface area contributed by atoms with Crippen molar-refractivity contribution in [2.45, 2.75) is 19.5 Å². The van der Waals surface area contributed by atoms with Gasteiger partial charge in [0.05, 0.1) is 29.5 Å². The van der Waals surface area contributed by atoms with Crippen LogP contribution < -0.4 is 15.7 Å². The molecule has 0 aliphatic rings. The Kier molecular flexibility index (Phi) is 8.79. The smallest absolute Gasteiger partial charge is 0.418 e. The van der Waals surface area contributed by atoms with Crippen molar-refractivity contribution < 1.29 is 40.0 Å². The van der Waals surface area contributed by atoms with Crippen molar-refractivity contribution in [1.29, 1.82) is 0 Å². The molecule has 0 bridgehead atoms. The van der Waals surface area contributed by atoms with Crippen LogP contribution in [0.1, 0.15) is 22.3 Å². The summed E-state index contributed by atoms with van der Waals surface area (Å²) in [5.41, 5.74) is -1.60. The van der Waals surface area contributed by atoms with E-state index in [2.05, 4.69) is 5.32 Å². The number of carbonyl (C=O) groups is 2. The Hall–Kier alpha value is -4.49. The predicted molar refractivity (Wildman–Crippen MR) is 153 cm³/mol. The van der Waals surface area contributed by atoms with Gasteiger partial charge in [-0.3, -0.25) is 9.59 Å². The number of amides is 2. The molecule has 0 radical (unpaired) electrons. The Labute approximate surface area is 247 Å². The van der Waals surface area contributed by atoms with Gasteiger partial charge < -0.3 is 9.73 Å². The van der Waals surface area contributed by atoms with Gasteiger partial charge in [-0.1, -0.05) is 29.8 Å². The van der Waals surface area contributed by atoms with E-state index in [4.69, 9.17) is 16.0 Å². The minimum atomic E-state index is -4.97. The molecule has 0 aliphatic carbocycles. The molecule has 8 nitrogen and oxygen atoms in total. The normalized spacial score (nSPS) is 12.1. The van der Waals surface area contributed by atoms with Gasteiger partial charge in [0, 0.05) is 28.1 Å². The van der Waals surface area contributed by atoms with Gasteiger partial charge in [-0.2, -0.15) is 13.2 Å². The zero-order valence-corrected chi connectivity index (χ0v) is 23.9. The molecule has 0 atom stereocenters. The second-order valence-corrected chi connectivity index (χ2v) is 11.6. The molecule has 4 aromatic rings. The number of hydrogen-bond donors (Lipinski definition) is 2. The first kappa shape index (κ1) is 31.4. The van der Waals surface area contributed by atoms with Crippen molar-refractivity contribution in [2.24, 2.45) is 0 Å². The van der Waals surface area contributed by atoms with Gasteiger partial charge in [0.1, 0.15) is 11.4 Å². The maximum Gasteiger partial charge on any atom is 0.418 e. The second-order valence-electron chi connectivity index (χ2n) is 9.45. The standard InChI is InChI=1S/C29H21ClF4N2O6S/c1-15-10-19-24(14-22(15)30)42-28(39)20(13-26(38)35-23-8-7-18(31)12-21(23)29(32,33)34)27(19)17-5-3-4-16(11-17)6-9-25(37)36-43(2,40)41/h3-12,14H,13H2,1-2H3,(H,35,38)(H,36,37)/b9-6+. The Balaban J connectivity index is 1.81. The third-order valence-corrected chi connectivity index (χ3v) is 7.05. The lowest BCUT2D eigenvalue weighted by molar-refractivity contribution is -0.137. The number of halogens is 5. The third-order valence-electron chi connectivity index (χ3n) is 6.07. The highest BCUT2D eigenvalue weighted by Gasteiger charge is 2.34. The van der Waals surface area contributed by atoms with E-state index >= 15 is 0 Å². The van der Waals surface area contributed by atoms with E-state index in [0.717, 1.165) is 24.5 Å². The Morgan fingerprint density at radius 1 is 1.07 bits per heavy atom. The quantitative estimate of drug-likeness (QED) is 0.149. The Bertz CT molecular complexity index is 1970. The van der Waals surface area contributed by atoms with Crippen molar-refractivity contribution in [3.8, 4) is 11.1 Å². The number of anilines is 1. The summed E-state index contributed by atoms with van der Waals surface area (Å²) in [5.74, 6) is -3.07. The summed E-state index contributed by atoms with van der Waals surface area (Å²) in [6, 6.07) is 11.1. The largest absolute Gasteiger partial charge is 0.422 e. The van der Waals surface area contributed by atoms with Crippen LogP contribution in [0, 0.1) is 12.7 Å². The van der Waals surface area contributed by atoms with Gasteiger partial charge in [-0.15, -0.1) is 0 Å². The van der Waals surface area contributed by atoms with E-state index in [9.17, 15) is 40.4 Å². The molecule has 4 rings (SSSR count). The summed E-state index contributed by atoms with van der Waals surface area (Å²) in [6.07, 6.45) is -2.57. The maximum absolute atomic E-state index is 13.5. The first-order valence-electron chi connectivity index (χ1n) is 12.2. The van der Waals surface area contributed by atoms with Gasteiger partial charge in [0.25, 0.3) is 5.91 Å². The first-order chi connectivity index (χ1) is 20.0. The average Bonchev–Trinajstić information content (AvgIpc) is 2.89. The summed E-state index contributed by atoms with van der Waals surface area (Å²) in [7, 11) is -3.79. The fraction of sp³-hybridized carbons (Fsp3) is 0.138. The van der Waals surface area contributed by atoms with Crippen molar-refractivity contribution in [2.75, 3.05) is 11.6 Å².